The lowest BCUT2D eigenvalue weighted by Crippen LogP contribution is -2.52. The van der Waals surface area contributed by atoms with Gasteiger partial charge >= 0.3 is 0 Å². The van der Waals surface area contributed by atoms with Gasteiger partial charge in [-0.1, -0.05) is 17.7 Å². The highest BCUT2D eigenvalue weighted by molar-refractivity contribution is 6.30. The summed E-state index contributed by atoms with van der Waals surface area (Å²) in [6, 6.07) is 9.22. The molecule has 2 saturated heterocycles. The highest BCUT2D eigenvalue weighted by Crippen LogP contribution is 2.29. The second kappa shape index (κ2) is 8.15. The predicted octanol–water partition coefficient (Wildman–Crippen LogP) is 2.21. The minimum atomic E-state index is 0.186. The lowest BCUT2D eigenvalue weighted by molar-refractivity contribution is -0.123. The fourth-order valence-corrected chi connectivity index (χ4v) is 4.35. The van der Waals surface area contributed by atoms with Crippen LogP contribution in [0, 0.1) is 0 Å². The van der Waals surface area contributed by atoms with Gasteiger partial charge in [-0.25, -0.2) is 0 Å². The van der Waals surface area contributed by atoms with Crippen molar-refractivity contribution in [1.82, 2.24) is 15.1 Å². The van der Waals surface area contributed by atoms with E-state index >= 15 is 0 Å². The number of hydrogen-bond acceptors (Lipinski definition) is 4. The Morgan fingerprint density at radius 1 is 1.04 bits per heavy atom. The van der Waals surface area contributed by atoms with Gasteiger partial charge in [0.05, 0.1) is 6.54 Å². The molecule has 0 bridgehead atoms. The van der Waals surface area contributed by atoms with Crippen LogP contribution in [-0.2, 0) is 4.79 Å². The van der Waals surface area contributed by atoms with Crippen molar-refractivity contribution in [2.24, 2.45) is 0 Å². The molecule has 1 aromatic rings. The van der Waals surface area contributed by atoms with Crippen molar-refractivity contribution in [3.05, 3.63) is 29.3 Å². The maximum atomic E-state index is 12.4. The molecular formula is C20H29ClN4O. The van der Waals surface area contributed by atoms with E-state index in [-0.39, 0.29) is 5.91 Å². The Morgan fingerprint density at radius 3 is 2.42 bits per heavy atom. The van der Waals surface area contributed by atoms with Gasteiger partial charge in [-0.2, -0.15) is 0 Å². The number of piperidine rings is 1. The fraction of sp³-hybridized carbons (Fsp3) is 0.650. The summed E-state index contributed by atoms with van der Waals surface area (Å²) in [7, 11) is 0. The molecule has 1 saturated carbocycles. The summed E-state index contributed by atoms with van der Waals surface area (Å²) in [6.07, 6.45) is 4.95. The molecule has 2 heterocycles. The Morgan fingerprint density at radius 2 is 1.77 bits per heavy atom. The maximum absolute atomic E-state index is 12.4. The number of benzene rings is 1. The molecule has 1 aliphatic carbocycles. The van der Waals surface area contributed by atoms with Gasteiger partial charge in [0, 0.05) is 62.1 Å². The molecule has 1 N–H and O–H groups in total. The predicted molar refractivity (Wildman–Crippen MR) is 106 cm³/mol. The van der Waals surface area contributed by atoms with E-state index in [1.54, 1.807) is 0 Å². The highest BCUT2D eigenvalue weighted by atomic mass is 35.5. The molecule has 4 rings (SSSR count). The number of hydrogen-bond donors (Lipinski definition) is 1. The molecule has 3 fully saturated rings. The third kappa shape index (κ3) is 4.70. The van der Waals surface area contributed by atoms with Gasteiger partial charge in [-0.05, 0) is 43.9 Å². The first-order valence-corrected chi connectivity index (χ1v) is 10.3. The first kappa shape index (κ1) is 18.1. The van der Waals surface area contributed by atoms with Crippen LogP contribution in [0.3, 0.4) is 0 Å². The van der Waals surface area contributed by atoms with Gasteiger partial charge in [-0.3, -0.25) is 9.69 Å². The van der Waals surface area contributed by atoms with Crippen molar-refractivity contribution in [2.45, 2.75) is 37.8 Å². The van der Waals surface area contributed by atoms with E-state index in [1.165, 1.54) is 18.5 Å². The Labute approximate surface area is 161 Å². The standard InChI is InChI=1S/C20H29ClN4O/c21-16-2-1-3-19(14-16)25-12-10-23(11-13-25)15-20(26)22-17-6-8-24(9-7-17)18-4-5-18/h1-3,14,17-18H,4-13,15H2,(H,22,26). The molecule has 0 aromatic heterocycles. The zero-order valence-electron chi connectivity index (χ0n) is 15.4. The molecular weight excluding hydrogens is 348 g/mol. The van der Waals surface area contributed by atoms with Crippen molar-refractivity contribution in [1.29, 1.82) is 0 Å². The summed E-state index contributed by atoms with van der Waals surface area (Å²) in [6.45, 7) is 6.52. The molecule has 0 unspecified atom stereocenters. The normalized spacial score (nSPS) is 23.2. The molecule has 6 heteroatoms. The van der Waals surface area contributed by atoms with Crippen molar-refractivity contribution < 1.29 is 4.79 Å². The molecule has 0 radical (unpaired) electrons. The fourth-order valence-electron chi connectivity index (χ4n) is 4.16. The third-order valence-corrected chi connectivity index (χ3v) is 6.11. The monoisotopic (exact) mass is 376 g/mol. The largest absolute Gasteiger partial charge is 0.369 e. The van der Waals surface area contributed by atoms with Crippen LogP contribution >= 0.6 is 11.6 Å². The van der Waals surface area contributed by atoms with Crippen LogP contribution in [0.2, 0.25) is 5.02 Å². The van der Waals surface area contributed by atoms with Gasteiger partial charge in [0.25, 0.3) is 0 Å². The lowest BCUT2D eigenvalue weighted by Gasteiger charge is -2.36. The molecule has 5 nitrogen and oxygen atoms in total. The van der Waals surface area contributed by atoms with Crippen LogP contribution in [0.25, 0.3) is 0 Å². The number of piperazine rings is 1. The van der Waals surface area contributed by atoms with Crippen LogP contribution in [0.1, 0.15) is 25.7 Å². The molecule has 1 amide bonds. The van der Waals surface area contributed by atoms with Crippen LogP contribution in [0.4, 0.5) is 5.69 Å². The third-order valence-electron chi connectivity index (χ3n) is 5.87. The van der Waals surface area contributed by atoms with Gasteiger partial charge in [0.2, 0.25) is 5.91 Å². The number of anilines is 1. The number of nitrogens with zero attached hydrogens (tertiary/aromatic N) is 3. The van der Waals surface area contributed by atoms with Crippen LogP contribution in [-0.4, -0.2) is 73.6 Å². The van der Waals surface area contributed by atoms with E-state index in [1.807, 2.05) is 18.2 Å². The van der Waals surface area contributed by atoms with E-state index in [0.29, 0.717) is 12.6 Å². The van der Waals surface area contributed by atoms with Crippen LogP contribution < -0.4 is 10.2 Å². The Kier molecular flexibility index (Phi) is 5.67. The van der Waals surface area contributed by atoms with Gasteiger partial charge in [-0.15, -0.1) is 0 Å². The molecule has 0 atom stereocenters. The quantitative estimate of drug-likeness (QED) is 0.855. The minimum absolute atomic E-state index is 0.186. The highest BCUT2D eigenvalue weighted by Gasteiger charge is 2.32. The van der Waals surface area contributed by atoms with Gasteiger partial charge in [0.1, 0.15) is 0 Å². The number of likely N-dealkylation sites (tertiary alicyclic amines) is 1. The molecule has 3 aliphatic rings. The Hall–Kier alpha value is -1.30. The topological polar surface area (TPSA) is 38.8 Å². The SMILES string of the molecule is O=C(CN1CCN(c2cccc(Cl)c2)CC1)NC1CCN(C2CC2)CC1. The van der Waals surface area contributed by atoms with E-state index in [4.69, 9.17) is 11.6 Å². The van der Waals surface area contributed by atoms with E-state index in [9.17, 15) is 4.79 Å². The summed E-state index contributed by atoms with van der Waals surface area (Å²) in [5, 5.41) is 4.03. The number of amides is 1. The number of nitrogens with one attached hydrogen (secondary N) is 1. The Bertz CT molecular complexity index is 620. The van der Waals surface area contributed by atoms with E-state index in [0.717, 1.165) is 63.2 Å². The van der Waals surface area contributed by atoms with Crippen molar-refractivity contribution in [3.8, 4) is 0 Å². The summed E-state index contributed by atoms with van der Waals surface area (Å²) in [4.78, 5) is 19.6. The average molecular weight is 377 g/mol. The summed E-state index contributed by atoms with van der Waals surface area (Å²) < 4.78 is 0. The molecule has 0 spiro atoms. The zero-order valence-corrected chi connectivity index (χ0v) is 16.1. The van der Waals surface area contributed by atoms with Crippen LogP contribution in [0.5, 0.6) is 0 Å². The maximum Gasteiger partial charge on any atom is 0.234 e. The number of carbonyl (C=O) groups excluding carboxylic acids is 1. The van der Waals surface area contributed by atoms with Gasteiger partial charge in [0.15, 0.2) is 0 Å². The minimum Gasteiger partial charge on any atom is -0.369 e. The molecule has 2 aliphatic heterocycles. The van der Waals surface area contributed by atoms with Crippen molar-refractivity contribution in [3.63, 3.8) is 0 Å². The smallest absolute Gasteiger partial charge is 0.234 e. The lowest BCUT2D eigenvalue weighted by atomic mass is 10.0. The first-order valence-electron chi connectivity index (χ1n) is 9.94. The average Bonchev–Trinajstić information content (AvgIpc) is 3.48. The van der Waals surface area contributed by atoms with Crippen molar-refractivity contribution in [2.75, 3.05) is 50.7 Å². The van der Waals surface area contributed by atoms with Crippen molar-refractivity contribution >= 4 is 23.2 Å². The van der Waals surface area contributed by atoms with Gasteiger partial charge < -0.3 is 15.1 Å². The van der Waals surface area contributed by atoms with Crippen LogP contribution in [0.15, 0.2) is 24.3 Å². The van der Waals surface area contributed by atoms with E-state index in [2.05, 4.69) is 26.1 Å². The number of carbonyl (C=O) groups is 1. The zero-order chi connectivity index (χ0) is 17.9. The summed E-state index contributed by atoms with van der Waals surface area (Å²) in [5.41, 5.74) is 1.17. The second-order valence-corrected chi connectivity index (χ2v) is 8.29. The van der Waals surface area contributed by atoms with E-state index < -0.39 is 0 Å². The molecule has 142 valence electrons. The first-order chi connectivity index (χ1) is 12.7. The number of halogens is 1. The summed E-state index contributed by atoms with van der Waals surface area (Å²) in [5.74, 6) is 0.186. The molecule has 26 heavy (non-hydrogen) atoms. The number of rotatable bonds is 5. The molecule has 1 aromatic carbocycles. The second-order valence-electron chi connectivity index (χ2n) is 7.85. The Balaban J connectivity index is 1.17. The summed E-state index contributed by atoms with van der Waals surface area (Å²) >= 11 is 6.09.